The monoisotopic (exact) mass is 371 g/mol. The molecule has 0 radical (unpaired) electrons. The standard InChI is InChI=1S/C15H21N3O4S2/c1-5-10(2)18(15(23)16-3)14(19)9-11-6-7-13(22-4)12(8-11)17-24(20)21/h6-8,10H,5,9H2,1-4H3,(H,16,23)/t10-/m0/s1. The lowest BCUT2D eigenvalue weighted by molar-refractivity contribution is -0.128. The molecular weight excluding hydrogens is 350 g/mol. The Morgan fingerprint density at radius 3 is 2.62 bits per heavy atom. The molecule has 0 heterocycles. The summed E-state index contributed by atoms with van der Waals surface area (Å²) in [5.74, 6) is 0.142. The zero-order chi connectivity index (χ0) is 18.3. The summed E-state index contributed by atoms with van der Waals surface area (Å²) in [6, 6.07) is 4.75. The summed E-state index contributed by atoms with van der Waals surface area (Å²) in [5.41, 5.74) is 0.777. The summed E-state index contributed by atoms with van der Waals surface area (Å²) in [4.78, 5) is 14.1. The van der Waals surface area contributed by atoms with Gasteiger partial charge in [0.2, 0.25) is 5.91 Å². The lowest BCUT2D eigenvalue weighted by Gasteiger charge is -2.28. The van der Waals surface area contributed by atoms with Crippen LogP contribution < -0.4 is 10.1 Å². The van der Waals surface area contributed by atoms with E-state index in [1.807, 2.05) is 13.8 Å². The van der Waals surface area contributed by atoms with Gasteiger partial charge in [0.25, 0.3) is 0 Å². The molecule has 1 aromatic rings. The van der Waals surface area contributed by atoms with Crippen LogP contribution in [0, 0.1) is 0 Å². The average molecular weight is 371 g/mol. The average Bonchev–Trinajstić information content (AvgIpc) is 2.54. The molecule has 1 aromatic carbocycles. The van der Waals surface area contributed by atoms with Crippen LogP contribution in [0.5, 0.6) is 5.75 Å². The minimum absolute atomic E-state index is 0.0472. The Bertz CT molecular complexity index is 739. The summed E-state index contributed by atoms with van der Waals surface area (Å²) in [7, 11) is 0.478. The van der Waals surface area contributed by atoms with Gasteiger partial charge in [0, 0.05) is 13.1 Å². The van der Waals surface area contributed by atoms with Crippen LogP contribution in [0.3, 0.4) is 0 Å². The molecule has 0 aromatic heterocycles. The largest absolute Gasteiger partial charge is 0.494 e. The minimum Gasteiger partial charge on any atom is -0.494 e. The van der Waals surface area contributed by atoms with Gasteiger partial charge in [-0.15, -0.1) is 4.36 Å². The molecule has 0 bridgehead atoms. The van der Waals surface area contributed by atoms with Gasteiger partial charge in [0.05, 0.1) is 13.5 Å². The molecule has 0 aliphatic rings. The van der Waals surface area contributed by atoms with Crippen molar-refractivity contribution in [3.63, 3.8) is 0 Å². The van der Waals surface area contributed by atoms with Gasteiger partial charge in [-0.05, 0) is 43.3 Å². The first-order valence-electron chi connectivity index (χ1n) is 7.35. The zero-order valence-electron chi connectivity index (χ0n) is 14.1. The molecule has 0 aliphatic heterocycles. The number of rotatable bonds is 6. The van der Waals surface area contributed by atoms with E-state index < -0.39 is 10.5 Å². The van der Waals surface area contributed by atoms with Crippen LogP contribution in [0.2, 0.25) is 0 Å². The molecule has 0 spiro atoms. The van der Waals surface area contributed by atoms with E-state index in [0.717, 1.165) is 6.42 Å². The predicted molar refractivity (Wildman–Crippen MR) is 96.0 cm³/mol. The van der Waals surface area contributed by atoms with Crippen molar-refractivity contribution in [2.75, 3.05) is 14.2 Å². The van der Waals surface area contributed by atoms with Crippen molar-refractivity contribution >= 4 is 39.4 Å². The van der Waals surface area contributed by atoms with Crippen LogP contribution in [-0.4, -0.2) is 44.5 Å². The van der Waals surface area contributed by atoms with Crippen LogP contribution in [0.4, 0.5) is 5.69 Å². The quantitative estimate of drug-likeness (QED) is 0.770. The van der Waals surface area contributed by atoms with Gasteiger partial charge in [-0.1, -0.05) is 13.0 Å². The van der Waals surface area contributed by atoms with E-state index in [2.05, 4.69) is 9.68 Å². The van der Waals surface area contributed by atoms with E-state index >= 15 is 0 Å². The third-order valence-corrected chi connectivity index (χ3v) is 4.25. The third-order valence-electron chi connectivity index (χ3n) is 3.50. The lowest BCUT2D eigenvalue weighted by Crippen LogP contribution is -2.47. The highest BCUT2D eigenvalue weighted by atomic mass is 32.2. The van der Waals surface area contributed by atoms with Crippen molar-refractivity contribution < 1.29 is 17.9 Å². The van der Waals surface area contributed by atoms with E-state index in [-0.39, 0.29) is 24.1 Å². The molecule has 0 saturated heterocycles. The van der Waals surface area contributed by atoms with Gasteiger partial charge in [0.1, 0.15) is 11.4 Å². The second kappa shape index (κ2) is 9.33. The minimum atomic E-state index is -2.61. The van der Waals surface area contributed by atoms with Crippen molar-refractivity contribution in [1.82, 2.24) is 10.2 Å². The highest BCUT2D eigenvalue weighted by Crippen LogP contribution is 2.28. The van der Waals surface area contributed by atoms with Crippen LogP contribution >= 0.6 is 12.2 Å². The van der Waals surface area contributed by atoms with Crippen molar-refractivity contribution in [3.8, 4) is 5.75 Å². The Hall–Kier alpha value is -2.00. The predicted octanol–water partition coefficient (Wildman–Crippen LogP) is 2.06. The Morgan fingerprint density at radius 1 is 1.46 bits per heavy atom. The summed E-state index contributed by atoms with van der Waals surface area (Å²) in [6.07, 6.45) is 0.829. The Labute approximate surface area is 148 Å². The number of carbonyl (C=O) groups is 1. The van der Waals surface area contributed by atoms with Gasteiger partial charge in [0.15, 0.2) is 5.11 Å². The SMILES string of the molecule is CC[C@H](C)N(C(=O)Cc1ccc(OC)c(N=S(=O)=O)c1)C(=S)NC. The number of amides is 1. The number of nitrogens with one attached hydrogen (secondary N) is 1. The second-order valence-corrected chi connectivity index (χ2v) is 6.07. The number of methoxy groups -OCH3 is 1. The molecule has 24 heavy (non-hydrogen) atoms. The smallest absolute Gasteiger partial charge is 0.316 e. The summed E-state index contributed by atoms with van der Waals surface area (Å²) in [5, 5.41) is 3.17. The third kappa shape index (κ3) is 5.27. The van der Waals surface area contributed by atoms with E-state index in [4.69, 9.17) is 17.0 Å². The molecule has 1 amide bonds. The van der Waals surface area contributed by atoms with E-state index in [1.165, 1.54) is 18.1 Å². The molecule has 0 fully saturated rings. The number of nitrogens with zero attached hydrogens (tertiary/aromatic N) is 2. The zero-order valence-corrected chi connectivity index (χ0v) is 15.7. The first kappa shape index (κ1) is 20.0. The maximum atomic E-state index is 12.6. The van der Waals surface area contributed by atoms with Crippen molar-refractivity contribution in [2.45, 2.75) is 32.7 Å². The molecule has 0 unspecified atom stereocenters. The van der Waals surface area contributed by atoms with E-state index in [1.54, 1.807) is 19.2 Å². The Balaban J connectivity index is 3.12. The van der Waals surface area contributed by atoms with Gasteiger partial charge in [-0.2, -0.15) is 8.42 Å². The van der Waals surface area contributed by atoms with Crippen LogP contribution in [0.15, 0.2) is 22.6 Å². The summed E-state index contributed by atoms with van der Waals surface area (Å²) < 4.78 is 30.2. The van der Waals surface area contributed by atoms with Crippen LogP contribution in [-0.2, 0) is 21.7 Å². The molecule has 1 atom stereocenters. The number of ether oxygens (including phenoxy) is 1. The normalized spacial score (nSPS) is 11.3. The first-order chi connectivity index (χ1) is 11.3. The maximum absolute atomic E-state index is 12.6. The molecule has 0 saturated carbocycles. The van der Waals surface area contributed by atoms with Gasteiger partial charge < -0.3 is 10.1 Å². The molecular formula is C15H21N3O4S2. The van der Waals surface area contributed by atoms with E-state index in [0.29, 0.717) is 16.4 Å². The fraction of sp³-hybridized carbons (Fsp3) is 0.467. The van der Waals surface area contributed by atoms with Gasteiger partial charge >= 0.3 is 10.5 Å². The van der Waals surface area contributed by atoms with Crippen LogP contribution in [0.25, 0.3) is 0 Å². The summed E-state index contributed by atoms with van der Waals surface area (Å²) >= 11 is 5.21. The fourth-order valence-electron chi connectivity index (χ4n) is 2.12. The van der Waals surface area contributed by atoms with Crippen LogP contribution in [0.1, 0.15) is 25.8 Å². The molecule has 1 rings (SSSR count). The topological polar surface area (TPSA) is 88.1 Å². The highest BCUT2D eigenvalue weighted by Gasteiger charge is 2.23. The number of benzene rings is 1. The molecule has 1 N–H and O–H groups in total. The Morgan fingerprint density at radius 2 is 2.12 bits per heavy atom. The number of hydrogen-bond acceptors (Lipinski definition) is 6. The first-order valence-corrected chi connectivity index (χ1v) is 8.79. The number of hydrogen-bond donors (Lipinski definition) is 1. The van der Waals surface area contributed by atoms with Crippen molar-refractivity contribution in [1.29, 1.82) is 0 Å². The number of thiocarbonyl (C=S) groups is 1. The fourth-order valence-corrected chi connectivity index (χ4v) is 2.70. The lowest BCUT2D eigenvalue weighted by atomic mass is 10.1. The van der Waals surface area contributed by atoms with Crippen molar-refractivity contribution in [2.24, 2.45) is 4.36 Å². The van der Waals surface area contributed by atoms with E-state index in [9.17, 15) is 13.2 Å². The molecule has 0 aliphatic carbocycles. The second-order valence-electron chi connectivity index (χ2n) is 5.07. The molecule has 9 heteroatoms. The highest BCUT2D eigenvalue weighted by molar-refractivity contribution is 7.80. The van der Waals surface area contributed by atoms with Gasteiger partial charge in [-0.3, -0.25) is 9.69 Å². The van der Waals surface area contributed by atoms with Crippen molar-refractivity contribution in [3.05, 3.63) is 23.8 Å². The Kier molecular flexibility index (Phi) is 7.80. The molecule has 132 valence electrons. The van der Waals surface area contributed by atoms with Gasteiger partial charge in [-0.25, -0.2) is 0 Å². The summed E-state index contributed by atoms with van der Waals surface area (Å²) in [6.45, 7) is 3.88. The number of carbonyl (C=O) groups excluding carboxylic acids is 1. The molecule has 7 nitrogen and oxygen atoms in total. The maximum Gasteiger partial charge on any atom is 0.316 e.